The van der Waals surface area contributed by atoms with Crippen LogP contribution >= 0.6 is 0 Å². The summed E-state index contributed by atoms with van der Waals surface area (Å²) in [7, 11) is 0. The van der Waals surface area contributed by atoms with Crippen LogP contribution in [0.2, 0.25) is 0 Å². The molecule has 0 amide bonds. The van der Waals surface area contributed by atoms with Gasteiger partial charge in [0.1, 0.15) is 0 Å². The van der Waals surface area contributed by atoms with Crippen molar-refractivity contribution in [2.24, 2.45) is 5.73 Å². The lowest BCUT2D eigenvalue weighted by Crippen LogP contribution is -2.53. The van der Waals surface area contributed by atoms with Crippen LogP contribution in [0.1, 0.15) is 19.4 Å². The second kappa shape index (κ2) is 6.32. The van der Waals surface area contributed by atoms with Crippen LogP contribution < -0.4 is 5.73 Å². The Bertz CT molecular complexity index is 353. The van der Waals surface area contributed by atoms with E-state index in [0.29, 0.717) is 6.04 Å². The maximum atomic E-state index is 6.29. The molecule has 100 valence electrons. The van der Waals surface area contributed by atoms with Gasteiger partial charge in [0, 0.05) is 25.2 Å². The first kappa shape index (κ1) is 13.5. The Morgan fingerprint density at radius 2 is 2.06 bits per heavy atom. The smallest absolute Gasteiger partial charge is 0.0856 e. The summed E-state index contributed by atoms with van der Waals surface area (Å²) in [5.41, 5.74) is 7.58. The van der Waals surface area contributed by atoms with Crippen LogP contribution in [-0.2, 0) is 11.2 Å². The number of hydrogen-bond acceptors (Lipinski definition) is 3. The summed E-state index contributed by atoms with van der Waals surface area (Å²) in [6.45, 7) is 7.22. The molecule has 0 radical (unpaired) electrons. The van der Waals surface area contributed by atoms with E-state index in [4.69, 9.17) is 10.5 Å². The Kier molecular flexibility index (Phi) is 4.75. The molecule has 1 aromatic rings. The number of rotatable bonds is 4. The largest absolute Gasteiger partial charge is 0.374 e. The van der Waals surface area contributed by atoms with Crippen LogP contribution in [0.25, 0.3) is 0 Å². The fraction of sp³-hybridized carbons (Fsp3) is 0.600. The van der Waals surface area contributed by atoms with Gasteiger partial charge in [-0.1, -0.05) is 30.3 Å². The molecule has 0 aromatic heterocycles. The van der Waals surface area contributed by atoms with Gasteiger partial charge >= 0.3 is 0 Å². The molecule has 2 atom stereocenters. The molecule has 1 aromatic carbocycles. The van der Waals surface area contributed by atoms with Gasteiger partial charge < -0.3 is 10.5 Å². The molecule has 3 nitrogen and oxygen atoms in total. The number of hydrogen-bond donors (Lipinski definition) is 1. The maximum absolute atomic E-state index is 6.29. The van der Waals surface area contributed by atoms with Gasteiger partial charge in [-0.05, 0) is 25.8 Å². The van der Waals surface area contributed by atoms with Crippen molar-refractivity contribution in [3.05, 3.63) is 35.9 Å². The molecule has 0 bridgehead atoms. The highest BCUT2D eigenvalue weighted by Crippen LogP contribution is 2.13. The minimum Gasteiger partial charge on any atom is -0.374 e. The zero-order valence-electron chi connectivity index (χ0n) is 11.4. The quantitative estimate of drug-likeness (QED) is 0.881. The van der Waals surface area contributed by atoms with Gasteiger partial charge in [-0.15, -0.1) is 0 Å². The van der Waals surface area contributed by atoms with Crippen LogP contribution in [0, 0.1) is 0 Å². The number of ether oxygens (including phenoxy) is 1. The lowest BCUT2D eigenvalue weighted by molar-refractivity contribution is -0.0495. The van der Waals surface area contributed by atoms with Crippen molar-refractivity contribution >= 4 is 0 Å². The molecule has 1 aliphatic rings. The van der Waals surface area contributed by atoms with Crippen molar-refractivity contribution < 1.29 is 4.74 Å². The molecule has 2 N–H and O–H groups in total. The molecule has 3 heteroatoms. The first-order valence-corrected chi connectivity index (χ1v) is 6.82. The average Bonchev–Trinajstić information content (AvgIpc) is 2.40. The van der Waals surface area contributed by atoms with Gasteiger partial charge in [0.25, 0.3) is 0 Å². The van der Waals surface area contributed by atoms with Crippen molar-refractivity contribution in [1.29, 1.82) is 0 Å². The summed E-state index contributed by atoms with van der Waals surface area (Å²) >= 11 is 0. The predicted octanol–water partition coefficient (Wildman–Crippen LogP) is 1.67. The van der Waals surface area contributed by atoms with Crippen LogP contribution in [0.3, 0.4) is 0 Å². The summed E-state index contributed by atoms with van der Waals surface area (Å²) in [6, 6.07) is 11.1. The SMILES string of the molecule is CC(C)N1CCOC(C(N)Cc2ccccc2)C1. The van der Waals surface area contributed by atoms with Gasteiger partial charge in [0.2, 0.25) is 0 Å². The van der Waals surface area contributed by atoms with E-state index in [1.165, 1.54) is 5.56 Å². The summed E-state index contributed by atoms with van der Waals surface area (Å²) in [5.74, 6) is 0. The van der Waals surface area contributed by atoms with E-state index in [1.54, 1.807) is 0 Å². The Morgan fingerprint density at radius 1 is 1.33 bits per heavy atom. The van der Waals surface area contributed by atoms with Crippen LogP contribution in [-0.4, -0.2) is 42.8 Å². The molecule has 0 aliphatic carbocycles. The maximum Gasteiger partial charge on any atom is 0.0856 e. The molecule has 0 saturated carbocycles. The van der Waals surface area contributed by atoms with E-state index in [-0.39, 0.29) is 12.1 Å². The molecule has 18 heavy (non-hydrogen) atoms. The van der Waals surface area contributed by atoms with Gasteiger partial charge in [0.05, 0.1) is 12.7 Å². The monoisotopic (exact) mass is 248 g/mol. The van der Waals surface area contributed by atoms with E-state index in [1.807, 2.05) is 6.07 Å². The van der Waals surface area contributed by atoms with Crippen LogP contribution in [0.4, 0.5) is 0 Å². The Balaban J connectivity index is 1.90. The number of nitrogens with zero attached hydrogens (tertiary/aromatic N) is 1. The first-order valence-electron chi connectivity index (χ1n) is 6.82. The normalized spacial score (nSPS) is 23.2. The fourth-order valence-electron chi connectivity index (χ4n) is 2.44. The summed E-state index contributed by atoms with van der Waals surface area (Å²) < 4.78 is 5.83. The van der Waals surface area contributed by atoms with Crippen LogP contribution in [0.15, 0.2) is 30.3 Å². The molecule has 2 unspecified atom stereocenters. The zero-order chi connectivity index (χ0) is 13.0. The third-order valence-corrected chi connectivity index (χ3v) is 3.65. The highest BCUT2D eigenvalue weighted by molar-refractivity contribution is 5.16. The molecule has 1 heterocycles. The lowest BCUT2D eigenvalue weighted by atomic mass is 10.0. The second-order valence-electron chi connectivity index (χ2n) is 5.35. The molecular formula is C15H24N2O. The molecule has 1 aliphatic heterocycles. The van der Waals surface area contributed by atoms with Gasteiger partial charge in [-0.3, -0.25) is 4.90 Å². The number of morpholine rings is 1. The van der Waals surface area contributed by atoms with Crippen molar-refractivity contribution in [2.75, 3.05) is 19.7 Å². The minimum atomic E-state index is 0.0777. The lowest BCUT2D eigenvalue weighted by Gasteiger charge is -2.37. The van der Waals surface area contributed by atoms with E-state index in [0.717, 1.165) is 26.1 Å². The van der Waals surface area contributed by atoms with E-state index in [9.17, 15) is 0 Å². The first-order chi connectivity index (χ1) is 8.66. The molecule has 2 rings (SSSR count). The van der Waals surface area contributed by atoms with E-state index >= 15 is 0 Å². The van der Waals surface area contributed by atoms with Crippen molar-refractivity contribution in [1.82, 2.24) is 4.90 Å². The fourth-order valence-corrected chi connectivity index (χ4v) is 2.44. The van der Waals surface area contributed by atoms with Crippen LogP contribution in [0.5, 0.6) is 0 Å². The second-order valence-corrected chi connectivity index (χ2v) is 5.35. The zero-order valence-corrected chi connectivity index (χ0v) is 11.4. The topological polar surface area (TPSA) is 38.5 Å². The van der Waals surface area contributed by atoms with Gasteiger partial charge in [0.15, 0.2) is 0 Å². The van der Waals surface area contributed by atoms with E-state index in [2.05, 4.69) is 43.0 Å². The standard InChI is InChI=1S/C15H24N2O/c1-12(2)17-8-9-18-15(11-17)14(16)10-13-6-4-3-5-7-13/h3-7,12,14-15H,8-11,16H2,1-2H3. The van der Waals surface area contributed by atoms with E-state index < -0.39 is 0 Å². The summed E-state index contributed by atoms with van der Waals surface area (Å²) in [6.07, 6.45) is 1.04. The number of benzene rings is 1. The Labute approximate surface area is 110 Å². The summed E-state index contributed by atoms with van der Waals surface area (Å²) in [4.78, 5) is 2.44. The third-order valence-electron chi connectivity index (χ3n) is 3.65. The minimum absolute atomic E-state index is 0.0777. The van der Waals surface area contributed by atoms with Crippen molar-refractivity contribution in [2.45, 2.75) is 38.5 Å². The van der Waals surface area contributed by atoms with Crippen molar-refractivity contribution in [3.8, 4) is 0 Å². The third kappa shape index (κ3) is 3.55. The predicted molar refractivity (Wildman–Crippen MR) is 74.6 cm³/mol. The number of nitrogens with two attached hydrogens (primary N) is 1. The molecule has 0 spiro atoms. The molecule has 1 saturated heterocycles. The van der Waals surface area contributed by atoms with Crippen molar-refractivity contribution in [3.63, 3.8) is 0 Å². The average molecular weight is 248 g/mol. The van der Waals surface area contributed by atoms with Gasteiger partial charge in [-0.25, -0.2) is 0 Å². The molecular weight excluding hydrogens is 224 g/mol. The highest BCUT2D eigenvalue weighted by Gasteiger charge is 2.26. The summed E-state index contributed by atoms with van der Waals surface area (Å²) in [5, 5.41) is 0. The Morgan fingerprint density at radius 3 is 2.72 bits per heavy atom. The molecule has 1 fully saturated rings. The Hall–Kier alpha value is -0.900. The van der Waals surface area contributed by atoms with Gasteiger partial charge in [-0.2, -0.15) is 0 Å². The highest BCUT2D eigenvalue weighted by atomic mass is 16.5.